The molecule has 6 heteroatoms. The summed E-state index contributed by atoms with van der Waals surface area (Å²) in [7, 11) is 1.54. The number of benzene rings is 1. The van der Waals surface area contributed by atoms with E-state index in [1.54, 1.807) is 12.1 Å². The van der Waals surface area contributed by atoms with Crippen LogP contribution < -0.4 is 15.8 Å². The van der Waals surface area contributed by atoms with Gasteiger partial charge in [-0.15, -0.1) is 0 Å². The Balaban J connectivity index is 1.96. The zero-order chi connectivity index (χ0) is 16.8. The van der Waals surface area contributed by atoms with Gasteiger partial charge in [0.1, 0.15) is 11.8 Å². The molecule has 0 spiro atoms. The van der Waals surface area contributed by atoms with Gasteiger partial charge in [-0.3, -0.25) is 9.59 Å². The molecule has 0 heterocycles. The fraction of sp³-hybridized carbons (Fsp3) is 0.529. The molecule has 1 atom stereocenters. The number of ether oxygens (including phenoxy) is 1. The van der Waals surface area contributed by atoms with Crippen molar-refractivity contribution in [3.05, 3.63) is 28.8 Å². The highest BCUT2D eigenvalue weighted by atomic mass is 35.5. The lowest BCUT2D eigenvalue weighted by molar-refractivity contribution is -0.127. The second-order valence-corrected chi connectivity index (χ2v) is 6.46. The standard InChI is InChI=1S/C17H23ClN2O3/c1-23-15-7-6-12(8-13(15)18)9-14(17(19)22)20-16(21)10-11-4-2-3-5-11/h6-8,11,14H,2-5,9-10H2,1H3,(H2,19,22)(H,20,21)/t14-/m1/s1. The van der Waals surface area contributed by atoms with E-state index in [2.05, 4.69) is 5.32 Å². The largest absolute Gasteiger partial charge is 0.495 e. The Morgan fingerprint density at radius 3 is 2.65 bits per heavy atom. The molecule has 2 rings (SSSR count). The molecule has 0 saturated heterocycles. The molecule has 5 nitrogen and oxygen atoms in total. The van der Waals surface area contributed by atoms with E-state index < -0.39 is 11.9 Å². The fourth-order valence-electron chi connectivity index (χ4n) is 3.03. The first kappa shape index (κ1) is 17.6. The van der Waals surface area contributed by atoms with Gasteiger partial charge in [-0.05, 0) is 36.5 Å². The molecule has 1 fully saturated rings. The van der Waals surface area contributed by atoms with E-state index in [1.165, 1.54) is 20.0 Å². The van der Waals surface area contributed by atoms with E-state index in [0.29, 0.717) is 29.5 Å². The molecule has 0 bridgehead atoms. The number of methoxy groups -OCH3 is 1. The highest BCUT2D eigenvalue weighted by Crippen LogP contribution is 2.27. The van der Waals surface area contributed by atoms with Crippen LogP contribution in [0.5, 0.6) is 5.75 Å². The van der Waals surface area contributed by atoms with Crippen molar-refractivity contribution in [2.45, 2.75) is 44.6 Å². The van der Waals surface area contributed by atoms with Gasteiger partial charge in [-0.1, -0.05) is 30.5 Å². The minimum atomic E-state index is -0.728. The molecule has 0 aromatic heterocycles. The van der Waals surface area contributed by atoms with Gasteiger partial charge < -0.3 is 15.8 Å². The maximum absolute atomic E-state index is 12.1. The summed E-state index contributed by atoms with van der Waals surface area (Å²) in [6.45, 7) is 0. The Morgan fingerprint density at radius 1 is 1.39 bits per heavy atom. The number of rotatable bonds is 7. The van der Waals surface area contributed by atoms with E-state index in [9.17, 15) is 9.59 Å². The van der Waals surface area contributed by atoms with E-state index in [-0.39, 0.29) is 5.91 Å². The zero-order valence-corrected chi connectivity index (χ0v) is 14.1. The number of nitrogens with one attached hydrogen (secondary N) is 1. The van der Waals surface area contributed by atoms with Crippen LogP contribution in [0.25, 0.3) is 0 Å². The van der Waals surface area contributed by atoms with Crippen LogP contribution in [0, 0.1) is 5.92 Å². The molecule has 1 saturated carbocycles. The molecule has 1 aromatic rings. The van der Waals surface area contributed by atoms with Gasteiger partial charge in [-0.2, -0.15) is 0 Å². The number of carbonyl (C=O) groups is 2. The molecule has 0 radical (unpaired) electrons. The van der Waals surface area contributed by atoms with Crippen molar-refractivity contribution in [1.82, 2.24) is 5.32 Å². The lowest BCUT2D eigenvalue weighted by Crippen LogP contribution is -2.46. The maximum atomic E-state index is 12.1. The zero-order valence-electron chi connectivity index (χ0n) is 13.3. The van der Waals surface area contributed by atoms with Crippen LogP contribution >= 0.6 is 11.6 Å². The van der Waals surface area contributed by atoms with Crippen LogP contribution in [0.3, 0.4) is 0 Å². The summed E-state index contributed by atoms with van der Waals surface area (Å²) in [5.74, 6) is 0.340. The number of amides is 2. The molecular formula is C17H23ClN2O3. The minimum Gasteiger partial charge on any atom is -0.495 e. The van der Waals surface area contributed by atoms with Crippen LogP contribution in [0.2, 0.25) is 5.02 Å². The van der Waals surface area contributed by atoms with Crippen molar-refractivity contribution in [2.24, 2.45) is 11.7 Å². The number of halogens is 1. The summed E-state index contributed by atoms with van der Waals surface area (Å²) in [5, 5.41) is 3.22. The maximum Gasteiger partial charge on any atom is 0.240 e. The summed E-state index contributed by atoms with van der Waals surface area (Å²) in [6.07, 6.45) is 5.32. The predicted octanol–water partition coefficient (Wildman–Crippen LogP) is 2.44. The average molecular weight is 339 g/mol. The second-order valence-electron chi connectivity index (χ2n) is 6.05. The molecule has 3 N–H and O–H groups in total. The van der Waals surface area contributed by atoms with Crippen LogP contribution in [-0.2, 0) is 16.0 Å². The molecular weight excluding hydrogens is 316 g/mol. The average Bonchev–Trinajstić information content (AvgIpc) is 2.99. The molecule has 1 aliphatic rings. The van der Waals surface area contributed by atoms with Gasteiger partial charge in [0, 0.05) is 12.8 Å². The Hall–Kier alpha value is -1.75. The van der Waals surface area contributed by atoms with Gasteiger partial charge in [0.25, 0.3) is 0 Å². The van der Waals surface area contributed by atoms with E-state index in [0.717, 1.165) is 18.4 Å². The molecule has 23 heavy (non-hydrogen) atoms. The van der Waals surface area contributed by atoms with E-state index in [4.69, 9.17) is 22.1 Å². The number of hydrogen-bond acceptors (Lipinski definition) is 3. The second kappa shape index (κ2) is 8.20. The summed E-state index contributed by atoms with van der Waals surface area (Å²) < 4.78 is 5.10. The molecule has 0 unspecified atom stereocenters. The van der Waals surface area contributed by atoms with Crippen LogP contribution in [0.15, 0.2) is 18.2 Å². The third kappa shape index (κ3) is 5.13. The Labute approximate surface area is 141 Å². The highest BCUT2D eigenvalue weighted by Gasteiger charge is 2.23. The van der Waals surface area contributed by atoms with Crippen molar-refractivity contribution in [1.29, 1.82) is 0 Å². The van der Waals surface area contributed by atoms with Crippen LogP contribution in [0.4, 0.5) is 0 Å². The Morgan fingerprint density at radius 2 is 2.09 bits per heavy atom. The number of hydrogen-bond donors (Lipinski definition) is 2. The quantitative estimate of drug-likeness (QED) is 0.801. The summed E-state index contributed by atoms with van der Waals surface area (Å²) in [4.78, 5) is 23.7. The third-order valence-corrected chi connectivity index (χ3v) is 4.58. The topological polar surface area (TPSA) is 81.4 Å². The van der Waals surface area contributed by atoms with Gasteiger partial charge in [0.2, 0.25) is 11.8 Å². The number of nitrogens with two attached hydrogens (primary N) is 1. The molecule has 1 aliphatic carbocycles. The fourth-order valence-corrected chi connectivity index (χ4v) is 3.31. The van der Waals surface area contributed by atoms with Gasteiger partial charge in [-0.25, -0.2) is 0 Å². The summed E-state index contributed by atoms with van der Waals surface area (Å²) in [6, 6.07) is 4.53. The summed E-state index contributed by atoms with van der Waals surface area (Å²) >= 11 is 6.08. The lowest BCUT2D eigenvalue weighted by atomic mass is 10.0. The van der Waals surface area contributed by atoms with Gasteiger partial charge >= 0.3 is 0 Å². The SMILES string of the molecule is COc1ccc(C[C@@H](NC(=O)CC2CCCC2)C(N)=O)cc1Cl. The number of carbonyl (C=O) groups excluding carboxylic acids is 2. The molecule has 2 amide bonds. The van der Waals surface area contributed by atoms with Crippen LogP contribution in [0.1, 0.15) is 37.7 Å². The Kier molecular flexibility index (Phi) is 6.28. The van der Waals surface area contributed by atoms with E-state index in [1.807, 2.05) is 6.07 Å². The summed E-state index contributed by atoms with van der Waals surface area (Å²) in [5.41, 5.74) is 6.24. The van der Waals surface area contributed by atoms with Crippen LogP contribution in [-0.4, -0.2) is 25.0 Å². The Bertz CT molecular complexity index is 571. The number of primary amides is 1. The van der Waals surface area contributed by atoms with E-state index >= 15 is 0 Å². The monoisotopic (exact) mass is 338 g/mol. The van der Waals surface area contributed by atoms with Crippen molar-refractivity contribution in [2.75, 3.05) is 7.11 Å². The first-order valence-electron chi connectivity index (χ1n) is 7.90. The minimum absolute atomic E-state index is 0.111. The lowest BCUT2D eigenvalue weighted by Gasteiger charge is -2.17. The highest BCUT2D eigenvalue weighted by molar-refractivity contribution is 6.32. The first-order valence-corrected chi connectivity index (χ1v) is 8.28. The molecule has 1 aromatic carbocycles. The first-order chi connectivity index (χ1) is 11.0. The third-order valence-electron chi connectivity index (χ3n) is 4.28. The molecule has 0 aliphatic heterocycles. The van der Waals surface area contributed by atoms with Crippen molar-refractivity contribution >= 4 is 23.4 Å². The van der Waals surface area contributed by atoms with Crippen molar-refractivity contribution in [3.8, 4) is 5.75 Å². The van der Waals surface area contributed by atoms with Crippen molar-refractivity contribution in [3.63, 3.8) is 0 Å². The predicted molar refractivity (Wildman–Crippen MR) is 89.4 cm³/mol. The van der Waals surface area contributed by atoms with Crippen molar-refractivity contribution < 1.29 is 14.3 Å². The smallest absolute Gasteiger partial charge is 0.240 e. The van der Waals surface area contributed by atoms with Gasteiger partial charge in [0.05, 0.1) is 12.1 Å². The normalized spacial score (nSPS) is 16.1. The molecule has 126 valence electrons. The van der Waals surface area contributed by atoms with Gasteiger partial charge in [0.15, 0.2) is 0 Å².